The van der Waals surface area contributed by atoms with Crippen LogP contribution in [0.4, 0.5) is 0 Å². The lowest BCUT2D eigenvalue weighted by Gasteiger charge is -2.04. The van der Waals surface area contributed by atoms with Crippen LogP contribution in [0.1, 0.15) is 252 Å². The SMILES string of the molecule is CCCCCCCCCCc1cc(C)sc1-c1cc(CCCCCCCCCC)c(-c2cc(CCCCCCCCCC)c(-c3cc(CCCCCCCC)c(C)s3)s2)s1. The lowest BCUT2D eigenvalue weighted by Crippen LogP contribution is -1.88. The second-order valence-corrected chi connectivity index (χ2v) is 23.1. The topological polar surface area (TPSA) is 0 Å². The second kappa shape index (κ2) is 31.6. The maximum absolute atomic E-state index is 2.68. The first-order chi connectivity index (χ1) is 29.5. The van der Waals surface area contributed by atoms with Crippen LogP contribution in [0.2, 0.25) is 0 Å². The van der Waals surface area contributed by atoms with Crippen LogP contribution in [0.15, 0.2) is 24.3 Å². The van der Waals surface area contributed by atoms with Crippen molar-refractivity contribution in [2.75, 3.05) is 0 Å². The molecule has 4 heteroatoms. The summed E-state index contributed by atoms with van der Waals surface area (Å²) in [5.74, 6) is 0. The Balaban J connectivity index is 1.58. The molecule has 4 heterocycles. The van der Waals surface area contributed by atoms with E-state index in [1.807, 2.05) is 0 Å². The monoisotopic (exact) mass is 891 g/mol. The Morgan fingerprint density at radius 2 is 0.550 bits per heavy atom. The Labute approximate surface area is 388 Å². The van der Waals surface area contributed by atoms with E-state index in [0.717, 1.165) is 0 Å². The first-order valence-corrected chi connectivity index (χ1v) is 29.2. The van der Waals surface area contributed by atoms with E-state index in [4.69, 9.17) is 0 Å². The van der Waals surface area contributed by atoms with Crippen LogP contribution in [0.5, 0.6) is 0 Å². The fourth-order valence-corrected chi connectivity index (χ4v) is 14.1. The summed E-state index contributed by atoms with van der Waals surface area (Å²) in [4.78, 5) is 12.4. The first kappa shape index (κ1) is 51.4. The number of unbranched alkanes of at least 4 members (excludes halogenated alkanes) is 26. The molecular formula is C56H90S4. The Hall–Kier alpha value is -1.20. The van der Waals surface area contributed by atoms with E-state index in [2.05, 4.69) is 111 Å². The van der Waals surface area contributed by atoms with Crippen molar-refractivity contribution in [3.8, 4) is 29.3 Å². The highest BCUT2D eigenvalue weighted by atomic mass is 32.1. The molecule has 0 unspecified atom stereocenters. The molecule has 4 aromatic heterocycles. The number of thiophene rings is 4. The molecule has 0 amide bonds. The van der Waals surface area contributed by atoms with Crippen LogP contribution < -0.4 is 0 Å². The zero-order valence-corrected chi connectivity index (χ0v) is 43.3. The number of rotatable bonds is 37. The zero-order valence-electron chi connectivity index (χ0n) is 40.0. The minimum Gasteiger partial charge on any atom is -0.139 e. The van der Waals surface area contributed by atoms with Gasteiger partial charge < -0.3 is 0 Å². The molecule has 0 spiro atoms. The van der Waals surface area contributed by atoms with E-state index in [9.17, 15) is 0 Å². The molecule has 0 nitrogen and oxygen atoms in total. The van der Waals surface area contributed by atoms with E-state index in [0.29, 0.717) is 0 Å². The quantitative estimate of drug-likeness (QED) is 0.0396. The van der Waals surface area contributed by atoms with Crippen molar-refractivity contribution in [3.63, 3.8) is 0 Å². The zero-order chi connectivity index (χ0) is 42.6. The minimum atomic E-state index is 1.22. The highest BCUT2D eigenvalue weighted by Gasteiger charge is 2.21. The Morgan fingerprint density at radius 3 is 0.917 bits per heavy atom. The number of hydrogen-bond donors (Lipinski definition) is 0. The van der Waals surface area contributed by atoms with Gasteiger partial charge in [0, 0.05) is 39.0 Å². The molecule has 0 atom stereocenters. The fraction of sp³-hybridized carbons (Fsp3) is 0.714. The van der Waals surface area contributed by atoms with Crippen molar-refractivity contribution in [3.05, 3.63) is 56.3 Å². The number of aryl methyl sites for hydroxylation is 6. The average Bonchev–Trinajstić information content (AvgIpc) is 4.04. The van der Waals surface area contributed by atoms with Crippen molar-refractivity contribution in [1.82, 2.24) is 0 Å². The third-order valence-electron chi connectivity index (χ3n) is 12.9. The highest BCUT2D eigenvalue weighted by molar-refractivity contribution is 7.28. The van der Waals surface area contributed by atoms with Gasteiger partial charge in [0.2, 0.25) is 0 Å². The molecular weight excluding hydrogens is 801 g/mol. The summed E-state index contributed by atoms with van der Waals surface area (Å²) in [6, 6.07) is 10.5. The van der Waals surface area contributed by atoms with Gasteiger partial charge in [0.25, 0.3) is 0 Å². The molecule has 0 bridgehead atoms. The van der Waals surface area contributed by atoms with Gasteiger partial charge in [-0.3, -0.25) is 0 Å². The molecule has 0 saturated carbocycles. The van der Waals surface area contributed by atoms with Gasteiger partial charge in [-0.1, -0.05) is 195 Å². The summed E-state index contributed by atoms with van der Waals surface area (Å²) in [5.41, 5.74) is 6.49. The molecule has 0 saturated heterocycles. The second-order valence-electron chi connectivity index (χ2n) is 18.5. The lowest BCUT2D eigenvalue weighted by molar-refractivity contribution is 0.575. The molecule has 0 radical (unpaired) electrons. The standard InChI is InChI=1S/C56H90S4/c1-7-11-15-19-23-26-30-34-38-48-41-45(5)57-54(48)52-43-50(40-36-32-28-25-21-17-13-9-3)56(59-52)53-44-49(39-35-31-27-24-20-16-12-8-2)55(60-53)51-42-47(46(6)58-51)37-33-29-22-18-14-10-4/h41-44H,7-40H2,1-6H3. The number of hydrogen-bond acceptors (Lipinski definition) is 4. The molecule has 0 aliphatic carbocycles. The van der Waals surface area contributed by atoms with Gasteiger partial charge in [0.05, 0.1) is 0 Å². The maximum atomic E-state index is 2.68. The molecule has 4 aromatic rings. The van der Waals surface area contributed by atoms with Crippen molar-refractivity contribution in [2.45, 2.75) is 260 Å². The van der Waals surface area contributed by atoms with Gasteiger partial charge >= 0.3 is 0 Å². The van der Waals surface area contributed by atoms with Gasteiger partial charge in [-0.05, 0) is 112 Å². The molecule has 338 valence electrons. The summed E-state index contributed by atoms with van der Waals surface area (Å²) < 4.78 is 0. The van der Waals surface area contributed by atoms with Crippen LogP contribution in [0.3, 0.4) is 0 Å². The predicted octanol–water partition coefficient (Wildman–Crippen LogP) is 21.5. The van der Waals surface area contributed by atoms with Crippen molar-refractivity contribution in [1.29, 1.82) is 0 Å². The molecule has 0 aliphatic heterocycles. The molecule has 0 aromatic carbocycles. The fourth-order valence-electron chi connectivity index (χ4n) is 9.15. The third kappa shape index (κ3) is 18.9. The normalized spacial score (nSPS) is 11.8. The van der Waals surface area contributed by atoms with Crippen molar-refractivity contribution < 1.29 is 0 Å². The maximum Gasteiger partial charge on any atom is 0.0481 e. The van der Waals surface area contributed by atoms with E-state index >= 15 is 0 Å². The largest absolute Gasteiger partial charge is 0.139 e. The van der Waals surface area contributed by atoms with Gasteiger partial charge in [-0.15, -0.1) is 45.3 Å². The summed E-state index contributed by atoms with van der Waals surface area (Å²) >= 11 is 8.42. The van der Waals surface area contributed by atoms with E-state index in [-0.39, 0.29) is 0 Å². The van der Waals surface area contributed by atoms with Crippen LogP contribution in [0, 0.1) is 13.8 Å². The Bertz CT molecular complexity index is 1660. The van der Waals surface area contributed by atoms with Gasteiger partial charge in [0.1, 0.15) is 0 Å². The van der Waals surface area contributed by atoms with E-state index < -0.39 is 0 Å². The lowest BCUT2D eigenvalue weighted by atomic mass is 10.0. The molecule has 0 N–H and O–H groups in total. The van der Waals surface area contributed by atoms with Gasteiger partial charge in [-0.25, -0.2) is 0 Å². The molecule has 0 fully saturated rings. The molecule has 60 heavy (non-hydrogen) atoms. The van der Waals surface area contributed by atoms with Crippen molar-refractivity contribution >= 4 is 45.3 Å². The van der Waals surface area contributed by atoms with E-state index in [1.165, 1.54) is 223 Å². The smallest absolute Gasteiger partial charge is 0.0481 e. The highest BCUT2D eigenvalue weighted by Crippen LogP contribution is 2.49. The summed E-state index contributed by atoms with van der Waals surface area (Å²) in [7, 11) is 0. The summed E-state index contributed by atoms with van der Waals surface area (Å²) in [6.07, 6.45) is 46.5. The Morgan fingerprint density at radius 1 is 0.283 bits per heavy atom. The molecule has 0 aliphatic rings. The minimum absolute atomic E-state index is 1.22. The molecule has 4 rings (SSSR count). The predicted molar refractivity (Wildman–Crippen MR) is 280 cm³/mol. The van der Waals surface area contributed by atoms with Crippen LogP contribution >= 0.6 is 45.3 Å². The van der Waals surface area contributed by atoms with Crippen LogP contribution in [-0.4, -0.2) is 0 Å². The Kier molecular flexibility index (Phi) is 27.1. The van der Waals surface area contributed by atoms with Crippen LogP contribution in [0.25, 0.3) is 29.3 Å². The summed E-state index contributed by atoms with van der Waals surface area (Å²) in [6.45, 7) is 14.0. The average molecular weight is 892 g/mol. The first-order valence-electron chi connectivity index (χ1n) is 25.9. The van der Waals surface area contributed by atoms with Gasteiger partial charge in [0.15, 0.2) is 0 Å². The van der Waals surface area contributed by atoms with E-state index in [1.54, 1.807) is 56.4 Å². The van der Waals surface area contributed by atoms with Crippen molar-refractivity contribution in [2.24, 2.45) is 0 Å². The summed E-state index contributed by atoms with van der Waals surface area (Å²) in [5, 5.41) is 0. The van der Waals surface area contributed by atoms with Gasteiger partial charge in [-0.2, -0.15) is 0 Å². The van der Waals surface area contributed by atoms with Crippen LogP contribution in [-0.2, 0) is 25.7 Å². The third-order valence-corrected chi connectivity index (χ3v) is 18.0.